The molecule has 3 N–H and O–H groups in total. The zero-order valence-corrected chi connectivity index (χ0v) is 12.3. The molecule has 0 amide bonds. The zero-order valence-electron chi connectivity index (χ0n) is 12.3. The lowest BCUT2D eigenvalue weighted by Gasteiger charge is -2.27. The number of hydrogen-bond acceptors (Lipinski definition) is 4. The second-order valence-electron chi connectivity index (χ2n) is 5.33. The van der Waals surface area contributed by atoms with Gasteiger partial charge < -0.3 is 15.8 Å². The van der Waals surface area contributed by atoms with Crippen molar-refractivity contribution < 1.29 is 4.74 Å². The third-order valence-electron chi connectivity index (χ3n) is 3.86. The van der Waals surface area contributed by atoms with Gasteiger partial charge in [0.2, 0.25) is 0 Å². The number of nitrogens with zero attached hydrogens (tertiary/aromatic N) is 1. The van der Waals surface area contributed by atoms with Crippen LogP contribution in [-0.2, 0) is 6.42 Å². The Hall–Kier alpha value is -2.23. The van der Waals surface area contributed by atoms with E-state index in [4.69, 9.17) is 10.5 Å². The maximum Gasteiger partial charge on any atom is 0.169 e. The first-order valence-electron chi connectivity index (χ1n) is 7.50. The summed E-state index contributed by atoms with van der Waals surface area (Å²) in [7, 11) is 0. The molecule has 1 unspecified atom stereocenters. The van der Waals surface area contributed by atoms with E-state index in [-0.39, 0.29) is 6.04 Å². The van der Waals surface area contributed by atoms with Gasteiger partial charge in [-0.1, -0.05) is 6.07 Å². The largest absolute Gasteiger partial charge is 0.490 e. The summed E-state index contributed by atoms with van der Waals surface area (Å²) in [5, 5.41) is 3.53. The molecular formula is C17H21N3O. The summed E-state index contributed by atoms with van der Waals surface area (Å²) in [4.78, 5) is 4.42. The molecule has 1 aliphatic carbocycles. The number of aryl methyl sites for hydroxylation is 1. The molecule has 1 heterocycles. The first-order chi connectivity index (χ1) is 10.3. The number of aromatic nitrogens is 1. The van der Waals surface area contributed by atoms with Crippen LogP contribution in [-0.4, -0.2) is 11.6 Å². The standard InChI is InChI=1S/C17H21N3O/c1-2-21-16-7-4-10-19-17(16)20-15-6-3-5-12-11-13(18)8-9-14(12)15/h4,7-11,15H,2-3,5-6,18H2,1H3,(H,19,20). The van der Waals surface area contributed by atoms with Gasteiger partial charge in [0.15, 0.2) is 11.6 Å². The molecule has 4 nitrogen and oxygen atoms in total. The van der Waals surface area contributed by atoms with E-state index in [1.807, 2.05) is 25.1 Å². The Labute approximate surface area is 125 Å². The van der Waals surface area contributed by atoms with E-state index in [0.717, 1.165) is 36.5 Å². The van der Waals surface area contributed by atoms with Crippen LogP contribution in [0.1, 0.15) is 36.9 Å². The molecular weight excluding hydrogens is 262 g/mol. The average molecular weight is 283 g/mol. The fourth-order valence-electron chi connectivity index (χ4n) is 2.92. The minimum atomic E-state index is 0.267. The van der Waals surface area contributed by atoms with Crippen molar-refractivity contribution >= 4 is 11.5 Å². The molecule has 0 aliphatic heterocycles. The van der Waals surface area contributed by atoms with Crippen molar-refractivity contribution in [2.24, 2.45) is 0 Å². The number of benzene rings is 1. The van der Waals surface area contributed by atoms with Crippen molar-refractivity contribution in [3.8, 4) is 5.75 Å². The Morgan fingerprint density at radius 1 is 1.38 bits per heavy atom. The number of nitrogens with two attached hydrogens (primary N) is 1. The van der Waals surface area contributed by atoms with Crippen molar-refractivity contribution in [1.29, 1.82) is 0 Å². The van der Waals surface area contributed by atoms with Gasteiger partial charge in [-0.2, -0.15) is 0 Å². The van der Waals surface area contributed by atoms with Gasteiger partial charge in [-0.15, -0.1) is 0 Å². The first-order valence-corrected chi connectivity index (χ1v) is 7.50. The number of rotatable bonds is 4. The highest BCUT2D eigenvalue weighted by Gasteiger charge is 2.21. The molecule has 0 bridgehead atoms. The Kier molecular flexibility index (Phi) is 3.95. The van der Waals surface area contributed by atoms with Crippen LogP contribution in [0.2, 0.25) is 0 Å². The first kappa shape index (κ1) is 13.7. The van der Waals surface area contributed by atoms with Gasteiger partial charge in [0.1, 0.15) is 0 Å². The number of nitrogen functional groups attached to an aromatic ring is 1. The molecule has 2 aromatic rings. The summed E-state index contributed by atoms with van der Waals surface area (Å²) in [5.74, 6) is 1.62. The average Bonchev–Trinajstić information content (AvgIpc) is 2.49. The normalized spacial score (nSPS) is 17.1. The lowest BCUT2D eigenvalue weighted by atomic mass is 9.87. The summed E-state index contributed by atoms with van der Waals surface area (Å²) < 4.78 is 5.64. The van der Waals surface area contributed by atoms with Crippen LogP contribution >= 0.6 is 0 Å². The Morgan fingerprint density at radius 2 is 2.29 bits per heavy atom. The monoisotopic (exact) mass is 283 g/mol. The fourth-order valence-corrected chi connectivity index (χ4v) is 2.92. The zero-order chi connectivity index (χ0) is 14.7. The number of ether oxygens (including phenoxy) is 1. The van der Waals surface area contributed by atoms with Crippen molar-refractivity contribution in [1.82, 2.24) is 4.98 Å². The lowest BCUT2D eigenvalue weighted by Crippen LogP contribution is -2.18. The highest BCUT2D eigenvalue weighted by molar-refractivity contribution is 5.53. The Morgan fingerprint density at radius 3 is 3.14 bits per heavy atom. The molecule has 1 atom stereocenters. The molecule has 110 valence electrons. The predicted molar refractivity (Wildman–Crippen MR) is 85.6 cm³/mol. The highest BCUT2D eigenvalue weighted by Crippen LogP contribution is 2.35. The van der Waals surface area contributed by atoms with E-state index in [0.29, 0.717) is 6.61 Å². The summed E-state index contributed by atoms with van der Waals surface area (Å²) >= 11 is 0. The van der Waals surface area contributed by atoms with E-state index in [1.54, 1.807) is 6.20 Å². The van der Waals surface area contributed by atoms with Gasteiger partial charge >= 0.3 is 0 Å². The number of anilines is 2. The van der Waals surface area contributed by atoms with Gasteiger partial charge in [0.25, 0.3) is 0 Å². The molecule has 0 saturated heterocycles. The summed E-state index contributed by atoms with van der Waals surface area (Å²) in [6.07, 6.45) is 5.14. The van der Waals surface area contributed by atoms with Gasteiger partial charge in [-0.05, 0) is 61.6 Å². The minimum absolute atomic E-state index is 0.267. The summed E-state index contributed by atoms with van der Waals surface area (Å²) in [6, 6.07) is 10.3. The molecule has 4 heteroatoms. The van der Waals surface area contributed by atoms with Crippen LogP contribution in [0.25, 0.3) is 0 Å². The molecule has 0 radical (unpaired) electrons. The smallest absolute Gasteiger partial charge is 0.169 e. The number of fused-ring (bicyclic) bond motifs is 1. The second-order valence-corrected chi connectivity index (χ2v) is 5.33. The highest BCUT2D eigenvalue weighted by atomic mass is 16.5. The minimum Gasteiger partial charge on any atom is -0.490 e. The number of hydrogen-bond donors (Lipinski definition) is 2. The Bertz CT molecular complexity index is 627. The van der Waals surface area contributed by atoms with Crippen molar-refractivity contribution in [2.75, 3.05) is 17.7 Å². The third kappa shape index (κ3) is 2.94. The van der Waals surface area contributed by atoms with E-state index in [1.165, 1.54) is 11.1 Å². The van der Waals surface area contributed by atoms with Crippen LogP contribution in [0, 0.1) is 0 Å². The molecule has 1 aliphatic rings. The van der Waals surface area contributed by atoms with E-state index in [2.05, 4.69) is 22.4 Å². The van der Waals surface area contributed by atoms with Crippen LogP contribution in [0.4, 0.5) is 11.5 Å². The maximum atomic E-state index is 5.89. The van der Waals surface area contributed by atoms with E-state index in [9.17, 15) is 0 Å². The third-order valence-corrected chi connectivity index (χ3v) is 3.86. The van der Waals surface area contributed by atoms with E-state index >= 15 is 0 Å². The van der Waals surface area contributed by atoms with Gasteiger partial charge in [0.05, 0.1) is 12.6 Å². The number of nitrogens with one attached hydrogen (secondary N) is 1. The molecule has 21 heavy (non-hydrogen) atoms. The van der Waals surface area contributed by atoms with Crippen molar-refractivity contribution in [3.05, 3.63) is 47.7 Å². The Balaban J connectivity index is 1.87. The SMILES string of the molecule is CCOc1cccnc1NC1CCCc2cc(N)ccc21. The van der Waals surface area contributed by atoms with Gasteiger partial charge in [-0.3, -0.25) is 0 Å². The van der Waals surface area contributed by atoms with E-state index < -0.39 is 0 Å². The van der Waals surface area contributed by atoms with Gasteiger partial charge in [0, 0.05) is 11.9 Å². The van der Waals surface area contributed by atoms with Crippen molar-refractivity contribution in [3.63, 3.8) is 0 Å². The second kappa shape index (κ2) is 6.04. The quantitative estimate of drug-likeness (QED) is 0.842. The molecule has 0 fully saturated rings. The maximum absolute atomic E-state index is 5.89. The predicted octanol–water partition coefficient (Wildman–Crippen LogP) is 3.55. The topological polar surface area (TPSA) is 60.2 Å². The number of pyridine rings is 1. The van der Waals surface area contributed by atoms with Crippen LogP contribution in [0.5, 0.6) is 5.75 Å². The lowest BCUT2D eigenvalue weighted by molar-refractivity contribution is 0.340. The molecule has 1 aromatic heterocycles. The van der Waals surface area contributed by atoms with Gasteiger partial charge in [-0.25, -0.2) is 4.98 Å². The molecule has 1 aromatic carbocycles. The van der Waals surface area contributed by atoms with Crippen molar-refractivity contribution in [2.45, 2.75) is 32.2 Å². The summed E-state index contributed by atoms with van der Waals surface area (Å²) in [5.41, 5.74) is 9.39. The molecule has 3 rings (SSSR count). The summed E-state index contributed by atoms with van der Waals surface area (Å²) in [6.45, 7) is 2.62. The van der Waals surface area contributed by atoms with Crippen LogP contribution < -0.4 is 15.8 Å². The fraction of sp³-hybridized carbons (Fsp3) is 0.353. The van der Waals surface area contributed by atoms with Crippen LogP contribution in [0.15, 0.2) is 36.5 Å². The molecule has 0 spiro atoms. The van der Waals surface area contributed by atoms with Crippen LogP contribution in [0.3, 0.4) is 0 Å². The molecule has 0 saturated carbocycles.